The number of hydrogen-bond acceptors (Lipinski definition) is 3. The van der Waals surface area contributed by atoms with E-state index >= 15 is 0 Å². The number of nitrogens with two attached hydrogens (primary N) is 2. The van der Waals surface area contributed by atoms with E-state index in [0.717, 1.165) is 20.5 Å². The van der Waals surface area contributed by atoms with Crippen LogP contribution < -0.4 is 16.8 Å². The van der Waals surface area contributed by atoms with Crippen LogP contribution in [0.5, 0.6) is 0 Å². The van der Waals surface area contributed by atoms with Gasteiger partial charge in [-0.1, -0.05) is 41.9 Å². The summed E-state index contributed by atoms with van der Waals surface area (Å²) in [5.74, 6) is -0.0797. The SMILES string of the molecule is NC(N)=N/N=c1\cc(-c2ccccc2)sc2ccc(Cl)cc12. The van der Waals surface area contributed by atoms with Crippen LogP contribution in [-0.4, -0.2) is 5.96 Å². The monoisotopic (exact) mass is 328 g/mol. The van der Waals surface area contributed by atoms with Gasteiger partial charge in [0.2, 0.25) is 5.96 Å². The summed E-state index contributed by atoms with van der Waals surface area (Å²) >= 11 is 7.76. The van der Waals surface area contributed by atoms with Crippen molar-refractivity contribution in [1.82, 2.24) is 0 Å². The molecular formula is C16H13ClN4S. The molecule has 22 heavy (non-hydrogen) atoms. The van der Waals surface area contributed by atoms with Crippen molar-refractivity contribution >= 4 is 39.0 Å². The van der Waals surface area contributed by atoms with Gasteiger partial charge in [-0.25, -0.2) is 0 Å². The van der Waals surface area contributed by atoms with Crippen LogP contribution in [0.1, 0.15) is 0 Å². The van der Waals surface area contributed by atoms with Gasteiger partial charge >= 0.3 is 0 Å². The summed E-state index contributed by atoms with van der Waals surface area (Å²) in [5, 5.41) is 10.2. The number of rotatable bonds is 2. The highest BCUT2D eigenvalue weighted by Gasteiger charge is 2.05. The Labute approximate surface area is 136 Å². The molecule has 0 saturated heterocycles. The lowest BCUT2D eigenvalue weighted by atomic mass is 10.1. The van der Waals surface area contributed by atoms with Crippen LogP contribution in [0.2, 0.25) is 5.02 Å². The van der Waals surface area contributed by atoms with Gasteiger partial charge in [-0.2, -0.15) is 0 Å². The second kappa shape index (κ2) is 6.17. The molecule has 0 amide bonds. The summed E-state index contributed by atoms with van der Waals surface area (Å²) in [6.07, 6.45) is 0. The van der Waals surface area contributed by atoms with Gasteiger partial charge in [0.25, 0.3) is 0 Å². The minimum absolute atomic E-state index is 0.0797. The van der Waals surface area contributed by atoms with E-state index in [1.165, 1.54) is 0 Å². The average molecular weight is 329 g/mol. The van der Waals surface area contributed by atoms with Crippen LogP contribution >= 0.6 is 22.9 Å². The molecule has 0 aliphatic heterocycles. The second-order valence-electron chi connectivity index (χ2n) is 4.63. The Morgan fingerprint density at radius 1 is 1.00 bits per heavy atom. The van der Waals surface area contributed by atoms with E-state index in [9.17, 15) is 0 Å². The highest BCUT2D eigenvalue weighted by atomic mass is 35.5. The molecule has 0 atom stereocenters. The fraction of sp³-hybridized carbons (Fsp3) is 0. The fourth-order valence-electron chi connectivity index (χ4n) is 2.08. The summed E-state index contributed by atoms with van der Waals surface area (Å²) in [5.41, 5.74) is 11.9. The van der Waals surface area contributed by atoms with Crippen molar-refractivity contribution in [3.8, 4) is 10.4 Å². The number of nitrogens with zero attached hydrogens (tertiary/aromatic N) is 2. The van der Waals surface area contributed by atoms with Gasteiger partial charge in [-0.3, -0.25) is 0 Å². The van der Waals surface area contributed by atoms with Crippen molar-refractivity contribution in [1.29, 1.82) is 0 Å². The lowest BCUT2D eigenvalue weighted by molar-refractivity contribution is 1.13. The average Bonchev–Trinajstić information content (AvgIpc) is 2.53. The minimum atomic E-state index is -0.0797. The zero-order valence-electron chi connectivity index (χ0n) is 11.5. The first-order chi connectivity index (χ1) is 10.6. The van der Waals surface area contributed by atoms with Gasteiger partial charge in [0, 0.05) is 20.0 Å². The molecular weight excluding hydrogens is 316 g/mol. The highest BCUT2D eigenvalue weighted by molar-refractivity contribution is 7.21. The first-order valence-electron chi connectivity index (χ1n) is 6.55. The van der Waals surface area contributed by atoms with Crippen molar-refractivity contribution < 1.29 is 0 Å². The largest absolute Gasteiger partial charge is 0.369 e. The third-order valence-electron chi connectivity index (χ3n) is 3.04. The third-order valence-corrected chi connectivity index (χ3v) is 4.42. The first kappa shape index (κ1) is 14.6. The van der Waals surface area contributed by atoms with Crippen molar-refractivity contribution in [3.05, 3.63) is 65.0 Å². The molecule has 6 heteroatoms. The van der Waals surface area contributed by atoms with Gasteiger partial charge in [-0.05, 0) is 29.8 Å². The Morgan fingerprint density at radius 2 is 1.77 bits per heavy atom. The topological polar surface area (TPSA) is 76.8 Å². The third kappa shape index (κ3) is 3.10. The molecule has 1 heterocycles. The first-order valence-corrected chi connectivity index (χ1v) is 7.74. The number of hydrogen-bond donors (Lipinski definition) is 2. The molecule has 1 aromatic heterocycles. The Bertz CT molecular complexity index is 912. The van der Waals surface area contributed by atoms with Gasteiger partial charge in [-0.15, -0.1) is 21.5 Å². The Hall–Kier alpha value is -2.37. The van der Waals surface area contributed by atoms with Crippen molar-refractivity contribution in [2.75, 3.05) is 0 Å². The molecule has 0 fully saturated rings. The van der Waals surface area contributed by atoms with E-state index in [1.54, 1.807) is 11.3 Å². The van der Waals surface area contributed by atoms with E-state index < -0.39 is 0 Å². The van der Waals surface area contributed by atoms with Gasteiger partial charge in [0.1, 0.15) is 0 Å². The smallest absolute Gasteiger partial charge is 0.211 e. The molecule has 0 spiro atoms. The molecule has 3 rings (SSSR count). The van der Waals surface area contributed by atoms with Gasteiger partial charge in [0.15, 0.2) is 0 Å². The predicted molar refractivity (Wildman–Crippen MR) is 93.6 cm³/mol. The fourth-order valence-corrected chi connectivity index (χ4v) is 3.32. The lowest BCUT2D eigenvalue weighted by Crippen LogP contribution is -2.22. The Morgan fingerprint density at radius 3 is 2.50 bits per heavy atom. The van der Waals surface area contributed by atoms with E-state index in [1.807, 2.05) is 42.5 Å². The van der Waals surface area contributed by atoms with Gasteiger partial charge in [0.05, 0.1) is 5.36 Å². The molecule has 110 valence electrons. The zero-order chi connectivity index (χ0) is 15.5. The Kier molecular flexibility index (Phi) is 4.09. The summed E-state index contributed by atoms with van der Waals surface area (Å²) in [6.45, 7) is 0. The van der Waals surface area contributed by atoms with E-state index in [-0.39, 0.29) is 5.96 Å². The molecule has 4 N–H and O–H groups in total. The lowest BCUT2D eigenvalue weighted by Gasteiger charge is -2.04. The molecule has 0 aliphatic rings. The standard InChI is InChI=1S/C16H13ClN4S/c17-11-6-7-14-12(8-11)13(20-21-16(18)19)9-15(22-14)10-4-2-1-3-5-10/h1-9H,(H4,18,19,21)/b20-13+. The minimum Gasteiger partial charge on any atom is -0.369 e. The summed E-state index contributed by atoms with van der Waals surface area (Å²) in [7, 11) is 0. The number of halogens is 1. The van der Waals surface area contributed by atoms with Crippen LogP contribution in [0.4, 0.5) is 0 Å². The molecule has 4 nitrogen and oxygen atoms in total. The van der Waals surface area contributed by atoms with Crippen molar-refractivity contribution in [2.45, 2.75) is 0 Å². The zero-order valence-corrected chi connectivity index (χ0v) is 13.1. The normalized spacial score (nSPS) is 11.6. The highest BCUT2D eigenvalue weighted by Crippen LogP contribution is 2.29. The number of fused-ring (bicyclic) bond motifs is 1. The second-order valence-corrected chi connectivity index (χ2v) is 6.15. The van der Waals surface area contributed by atoms with Crippen LogP contribution in [0, 0.1) is 0 Å². The molecule has 0 saturated carbocycles. The van der Waals surface area contributed by atoms with Crippen LogP contribution in [0.15, 0.2) is 64.8 Å². The molecule has 3 aromatic rings. The van der Waals surface area contributed by atoms with E-state index in [0.29, 0.717) is 10.4 Å². The summed E-state index contributed by atoms with van der Waals surface area (Å²) in [6, 6.07) is 17.8. The maximum Gasteiger partial charge on any atom is 0.211 e. The summed E-state index contributed by atoms with van der Waals surface area (Å²) < 4.78 is 1.07. The van der Waals surface area contributed by atoms with Crippen LogP contribution in [0.25, 0.3) is 20.5 Å². The summed E-state index contributed by atoms with van der Waals surface area (Å²) in [4.78, 5) is 1.08. The van der Waals surface area contributed by atoms with Crippen LogP contribution in [-0.2, 0) is 0 Å². The van der Waals surface area contributed by atoms with Crippen molar-refractivity contribution in [3.63, 3.8) is 0 Å². The number of benzene rings is 2. The molecule has 0 aliphatic carbocycles. The molecule has 0 unspecified atom stereocenters. The van der Waals surface area contributed by atoms with Crippen LogP contribution in [0.3, 0.4) is 0 Å². The van der Waals surface area contributed by atoms with E-state index in [4.69, 9.17) is 23.1 Å². The maximum atomic E-state index is 6.09. The Balaban J connectivity index is 2.32. The molecule has 0 radical (unpaired) electrons. The van der Waals surface area contributed by atoms with Crippen molar-refractivity contribution in [2.24, 2.45) is 21.7 Å². The van der Waals surface area contributed by atoms with E-state index in [2.05, 4.69) is 22.3 Å². The van der Waals surface area contributed by atoms with Gasteiger partial charge < -0.3 is 11.5 Å². The molecule has 0 bridgehead atoms. The molecule has 2 aromatic carbocycles. The maximum absolute atomic E-state index is 6.09. The number of guanidine groups is 1. The quantitative estimate of drug-likeness (QED) is 0.430. The predicted octanol–water partition coefficient (Wildman–Crippen LogP) is 3.31.